The van der Waals surface area contributed by atoms with Gasteiger partial charge < -0.3 is 15.6 Å². The molecule has 0 amide bonds. The lowest BCUT2D eigenvalue weighted by atomic mass is 10.2. The molecule has 0 radical (unpaired) electrons. The average molecular weight is 340 g/mol. The van der Waals surface area contributed by atoms with Crippen molar-refractivity contribution in [2.75, 3.05) is 5.73 Å². The minimum absolute atomic E-state index is 0.00302. The quantitative estimate of drug-likeness (QED) is 0.665. The molecule has 0 saturated carbocycles. The number of hydrogen-bond acceptors (Lipinski definition) is 4. The van der Waals surface area contributed by atoms with Crippen LogP contribution in [-0.4, -0.2) is 11.1 Å². The summed E-state index contributed by atoms with van der Waals surface area (Å²) in [5.41, 5.74) is 6.08. The maximum absolute atomic E-state index is 13.2. The number of nitrogen functional groups attached to an aromatic ring is 1. The van der Waals surface area contributed by atoms with Crippen LogP contribution in [0, 0.1) is 5.82 Å². The maximum Gasteiger partial charge on any atom is 0.339 e. The fraction of sp³-hybridized carbons (Fsp3) is 0.0714. The molecule has 0 aromatic heterocycles. The maximum atomic E-state index is 13.2. The predicted molar refractivity (Wildman–Crippen MR) is 75.7 cm³/mol. The second-order valence-electron chi connectivity index (χ2n) is 4.10. The highest BCUT2D eigenvalue weighted by Crippen LogP contribution is 2.24. The number of nitrogens with two attached hydrogens (primary N) is 1. The molecule has 3 N–H and O–H groups in total. The SMILES string of the molecule is Nc1cc(C(=O)OCc2cccc(O)c2)c(Br)cc1F. The molecule has 0 fully saturated rings. The highest BCUT2D eigenvalue weighted by atomic mass is 79.9. The summed E-state index contributed by atoms with van der Waals surface area (Å²) in [6, 6.07) is 8.68. The van der Waals surface area contributed by atoms with Crippen LogP contribution in [0.3, 0.4) is 0 Å². The van der Waals surface area contributed by atoms with Crippen LogP contribution in [0.4, 0.5) is 10.1 Å². The van der Waals surface area contributed by atoms with Gasteiger partial charge in [0, 0.05) is 4.47 Å². The van der Waals surface area contributed by atoms with Gasteiger partial charge in [0.05, 0.1) is 11.3 Å². The van der Waals surface area contributed by atoms with E-state index in [4.69, 9.17) is 10.5 Å². The van der Waals surface area contributed by atoms with Crippen molar-refractivity contribution >= 4 is 27.6 Å². The van der Waals surface area contributed by atoms with Gasteiger partial charge in [-0.2, -0.15) is 0 Å². The zero-order valence-corrected chi connectivity index (χ0v) is 11.9. The molecule has 0 atom stereocenters. The van der Waals surface area contributed by atoms with Crippen LogP contribution < -0.4 is 5.73 Å². The third kappa shape index (κ3) is 3.27. The molecule has 0 spiro atoms. The smallest absolute Gasteiger partial charge is 0.339 e. The van der Waals surface area contributed by atoms with Crippen LogP contribution in [0.25, 0.3) is 0 Å². The predicted octanol–water partition coefficient (Wildman–Crippen LogP) is 3.23. The molecule has 2 rings (SSSR count). The van der Waals surface area contributed by atoms with Gasteiger partial charge in [-0.05, 0) is 45.8 Å². The second kappa shape index (κ2) is 5.92. The average Bonchev–Trinajstić information content (AvgIpc) is 2.40. The molecule has 20 heavy (non-hydrogen) atoms. The lowest BCUT2D eigenvalue weighted by Crippen LogP contribution is -2.07. The molecule has 2 aromatic rings. The first kappa shape index (κ1) is 14.3. The fourth-order valence-corrected chi connectivity index (χ4v) is 2.07. The van der Waals surface area contributed by atoms with E-state index in [0.29, 0.717) is 5.56 Å². The number of anilines is 1. The zero-order valence-electron chi connectivity index (χ0n) is 10.3. The molecule has 0 saturated heterocycles. The summed E-state index contributed by atoms with van der Waals surface area (Å²) < 4.78 is 18.5. The van der Waals surface area contributed by atoms with E-state index in [0.717, 1.165) is 6.07 Å². The molecule has 0 heterocycles. The van der Waals surface area contributed by atoms with Crippen molar-refractivity contribution in [1.29, 1.82) is 0 Å². The molecule has 0 aliphatic heterocycles. The van der Waals surface area contributed by atoms with E-state index in [9.17, 15) is 14.3 Å². The largest absolute Gasteiger partial charge is 0.508 e. The number of hydrogen-bond donors (Lipinski definition) is 2. The number of rotatable bonds is 3. The molecule has 104 valence electrons. The molecule has 0 aliphatic carbocycles. The third-order valence-electron chi connectivity index (χ3n) is 2.59. The van der Waals surface area contributed by atoms with E-state index in [-0.39, 0.29) is 28.1 Å². The van der Waals surface area contributed by atoms with Crippen molar-refractivity contribution in [1.82, 2.24) is 0 Å². The van der Waals surface area contributed by atoms with Gasteiger partial charge in [0.15, 0.2) is 0 Å². The van der Waals surface area contributed by atoms with Gasteiger partial charge in [0.1, 0.15) is 18.2 Å². The van der Waals surface area contributed by atoms with Crippen molar-refractivity contribution in [3.63, 3.8) is 0 Å². The Morgan fingerprint density at radius 1 is 1.35 bits per heavy atom. The Bertz CT molecular complexity index is 661. The molecular weight excluding hydrogens is 329 g/mol. The summed E-state index contributed by atoms with van der Waals surface area (Å²) in [4.78, 5) is 11.9. The van der Waals surface area contributed by atoms with Crippen LogP contribution in [-0.2, 0) is 11.3 Å². The van der Waals surface area contributed by atoms with E-state index in [1.165, 1.54) is 18.2 Å². The summed E-state index contributed by atoms with van der Waals surface area (Å²) in [6.07, 6.45) is 0. The topological polar surface area (TPSA) is 72.6 Å². The third-order valence-corrected chi connectivity index (χ3v) is 3.24. The fourth-order valence-electron chi connectivity index (χ4n) is 1.60. The Morgan fingerprint density at radius 3 is 2.80 bits per heavy atom. The van der Waals surface area contributed by atoms with Gasteiger partial charge in [-0.3, -0.25) is 0 Å². The molecule has 0 bridgehead atoms. The van der Waals surface area contributed by atoms with Gasteiger partial charge in [0.2, 0.25) is 0 Å². The van der Waals surface area contributed by atoms with Crippen molar-refractivity contribution in [3.05, 3.63) is 57.8 Å². The van der Waals surface area contributed by atoms with Gasteiger partial charge in [-0.1, -0.05) is 12.1 Å². The highest BCUT2D eigenvalue weighted by Gasteiger charge is 2.14. The van der Waals surface area contributed by atoms with Crippen LogP contribution in [0.5, 0.6) is 5.75 Å². The first-order valence-electron chi connectivity index (χ1n) is 5.67. The Hall–Kier alpha value is -2.08. The van der Waals surface area contributed by atoms with Gasteiger partial charge in [-0.25, -0.2) is 9.18 Å². The lowest BCUT2D eigenvalue weighted by molar-refractivity contribution is 0.0471. The summed E-state index contributed by atoms with van der Waals surface area (Å²) in [5, 5.41) is 9.30. The summed E-state index contributed by atoms with van der Waals surface area (Å²) >= 11 is 3.08. The Morgan fingerprint density at radius 2 is 2.10 bits per heavy atom. The molecule has 0 aliphatic rings. The normalized spacial score (nSPS) is 10.3. The molecular formula is C14H11BrFNO3. The minimum atomic E-state index is -0.632. The molecule has 0 unspecified atom stereocenters. The number of phenols is 1. The molecule has 6 heteroatoms. The van der Waals surface area contributed by atoms with Gasteiger partial charge in [-0.15, -0.1) is 0 Å². The highest BCUT2D eigenvalue weighted by molar-refractivity contribution is 9.10. The van der Waals surface area contributed by atoms with E-state index in [2.05, 4.69) is 15.9 Å². The van der Waals surface area contributed by atoms with Crippen molar-refractivity contribution < 1.29 is 19.0 Å². The Labute approximate surface area is 123 Å². The monoisotopic (exact) mass is 339 g/mol. The van der Waals surface area contributed by atoms with Crippen LogP contribution in [0.1, 0.15) is 15.9 Å². The van der Waals surface area contributed by atoms with Crippen molar-refractivity contribution in [3.8, 4) is 5.75 Å². The van der Waals surface area contributed by atoms with E-state index in [1.54, 1.807) is 12.1 Å². The number of phenolic OH excluding ortho intramolecular Hbond substituents is 1. The lowest BCUT2D eigenvalue weighted by Gasteiger charge is -2.08. The second-order valence-corrected chi connectivity index (χ2v) is 4.95. The van der Waals surface area contributed by atoms with Crippen molar-refractivity contribution in [2.45, 2.75) is 6.61 Å². The van der Waals surface area contributed by atoms with Gasteiger partial charge in [0.25, 0.3) is 0 Å². The van der Waals surface area contributed by atoms with E-state index >= 15 is 0 Å². The van der Waals surface area contributed by atoms with Crippen LogP contribution in [0.15, 0.2) is 40.9 Å². The standard InChI is InChI=1S/C14H11BrFNO3/c15-11-6-12(16)13(17)5-10(11)14(19)20-7-8-2-1-3-9(18)4-8/h1-6,18H,7,17H2. The van der Waals surface area contributed by atoms with E-state index in [1.807, 2.05) is 0 Å². The molecule has 4 nitrogen and oxygen atoms in total. The minimum Gasteiger partial charge on any atom is -0.508 e. The number of carbonyl (C=O) groups is 1. The van der Waals surface area contributed by atoms with Gasteiger partial charge >= 0.3 is 5.97 Å². The Balaban J connectivity index is 2.11. The number of aromatic hydroxyl groups is 1. The van der Waals surface area contributed by atoms with E-state index < -0.39 is 11.8 Å². The number of ether oxygens (including phenoxy) is 1. The summed E-state index contributed by atoms with van der Waals surface area (Å²) in [5.74, 6) is -1.15. The number of halogens is 2. The number of esters is 1. The first-order chi connectivity index (χ1) is 9.47. The number of carbonyl (C=O) groups excluding carboxylic acids is 1. The summed E-state index contributed by atoms with van der Waals surface area (Å²) in [6.45, 7) is -0.00302. The Kier molecular flexibility index (Phi) is 4.24. The summed E-state index contributed by atoms with van der Waals surface area (Å²) in [7, 11) is 0. The first-order valence-corrected chi connectivity index (χ1v) is 6.46. The number of benzene rings is 2. The van der Waals surface area contributed by atoms with Crippen LogP contribution >= 0.6 is 15.9 Å². The van der Waals surface area contributed by atoms with Crippen molar-refractivity contribution in [2.24, 2.45) is 0 Å². The zero-order chi connectivity index (χ0) is 14.7. The molecule has 2 aromatic carbocycles. The van der Waals surface area contributed by atoms with Crippen LogP contribution in [0.2, 0.25) is 0 Å².